The van der Waals surface area contributed by atoms with Gasteiger partial charge in [0.15, 0.2) is 17.6 Å². The summed E-state index contributed by atoms with van der Waals surface area (Å²) in [6.07, 6.45) is -1.10. The average molecular weight is 478 g/mol. The third-order valence-electron chi connectivity index (χ3n) is 6.25. The summed E-state index contributed by atoms with van der Waals surface area (Å²) in [5.41, 5.74) is 1.38. The molecule has 5 rings (SSSR count). The molecule has 35 heavy (non-hydrogen) atoms. The van der Waals surface area contributed by atoms with Crippen LogP contribution in [0.5, 0.6) is 17.2 Å². The summed E-state index contributed by atoms with van der Waals surface area (Å²) in [5.74, 6) is -1.37. The van der Waals surface area contributed by atoms with Crippen LogP contribution in [-0.4, -0.2) is 39.2 Å². The standard InChI is InChI=1S/C26H23FN2O6/c1-32-19-13-12-18(22(33-2)23(19)34-3)21-20-24(35-29(21)16-9-5-4-6-10-16)26(31)28(25(20)30)17-11-7-8-15(27)14-17/h4-14,20-21,24H,1-3H3/t20-,21+,24+/m1/s1. The predicted octanol–water partition coefficient (Wildman–Crippen LogP) is 3.90. The van der Waals surface area contributed by atoms with Gasteiger partial charge in [-0.05, 0) is 42.5 Å². The van der Waals surface area contributed by atoms with Crippen LogP contribution in [0, 0.1) is 11.7 Å². The number of nitrogens with zero attached hydrogens (tertiary/aromatic N) is 2. The minimum absolute atomic E-state index is 0.155. The number of benzene rings is 3. The van der Waals surface area contributed by atoms with Gasteiger partial charge in [0.25, 0.3) is 5.91 Å². The Morgan fingerprint density at radius 1 is 0.800 bits per heavy atom. The molecule has 3 atom stereocenters. The van der Waals surface area contributed by atoms with E-state index in [1.54, 1.807) is 17.2 Å². The van der Waals surface area contributed by atoms with Crippen molar-refractivity contribution in [2.45, 2.75) is 12.1 Å². The maximum Gasteiger partial charge on any atom is 0.266 e. The first-order valence-electron chi connectivity index (χ1n) is 10.9. The van der Waals surface area contributed by atoms with E-state index < -0.39 is 35.7 Å². The highest BCUT2D eigenvalue weighted by atomic mass is 19.1. The molecule has 0 N–H and O–H groups in total. The molecule has 0 spiro atoms. The largest absolute Gasteiger partial charge is 0.493 e. The Morgan fingerprint density at radius 3 is 2.17 bits per heavy atom. The lowest BCUT2D eigenvalue weighted by molar-refractivity contribution is -0.126. The smallest absolute Gasteiger partial charge is 0.266 e. The van der Waals surface area contributed by atoms with Crippen molar-refractivity contribution in [1.82, 2.24) is 0 Å². The number of rotatable bonds is 6. The van der Waals surface area contributed by atoms with Gasteiger partial charge in [0, 0.05) is 5.56 Å². The molecule has 2 saturated heterocycles. The van der Waals surface area contributed by atoms with E-state index in [2.05, 4.69) is 0 Å². The van der Waals surface area contributed by atoms with E-state index in [0.29, 0.717) is 28.5 Å². The van der Waals surface area contributed by atoms with Crippen molar-refractivity contribution in [1.29, 1.82) is 0 Å². The first kappa shape index (κ1) is 22.7. The van der Waals surface area contributed by atoms with Gasteiger partial charge in [-0.15, -0.1) is 0 Å². The first-order chi connectivity index (χ1) is 17.0. The van der Waals surface area contributed by atoms with E-state index in [0.717, 1.165) is 11.0 Å². The van der Waals surface area contributed by atoms with Crippen LogP contribution in [0.15, 0.2) is 66.7 Å². The number of fused-ring (bicyclic) bond motifs is 1. The van der Waals surface area contributed by atoms with Crippen LogP contribution >= 0.6 is 0 Å². The zero-order valence-electron chi connectivity index (χ0n) is 19.3. The molecule has 2 heterocycles. The molecule has 0 saturated carbocycles. The number of carbonyl (C=O) groups excluding carboxylic acids is 2. The Morgan fingerprint density at radius 2 is 1.51 bits per heavy atom. The van der Waals surface area contributed by atoms with Gasteiger partial charge in [-0.3, -0.25) is 14.4 Å². The summed E-state index contributed by atoms with van der Waals surface area (Å²) in [5, 5.41) is 1.55. The number of methoxy groups -OCH3 is 3. The molecule has 0 aliphatic carbocycles. The number of hydroxylamine groups is 1. The van der Waals surface area contributed by atoms with Crippen LogP contribution in [0.2, 0.25) is 0 Å². The number of para-hydroxylation sites is 1. The number of hydrogen-bond acceptors (Lipinski definition) is 7. The lowest BCUT2D eigenvalue weighted by atomic mass is 9.89. The third kappa shape index (κ3) is 3.55. The van der Waals surface area contributed by atoms with Crippen LogP contribution in [0.3, 0.4) is 0 Å². The second kappa shape index (κ2) is 8.92. The molecule has 0 aromatic heterocycles. The molecule has 3 aromatic carbocycles. The Hall–Kier alpha value is -4.11. The number of anilines is 2. The molecule has 180 valence electrons. The van der Waals surface area contributed by atoms with Gasteiger partial charge in [0.05, 0.1) is 32.7 Å². The molecular formula is C26H23FN2O6. The summed E-state index contributed by atoms with van der Waals surface area (Å²) in [7, 11) is 4.49. The maximum absolute atomic E-state index is 13.9. The lowest BCUT2D eigenvalue weighted by Gasteiger charge is -2.30. The van der Waals surface area contributed by atoms with Crippen molar-refractivity contribution in [3.8, 4) is 17.2 Å². The molecule has 2 aliphatic rings. The summed E-state index contributed by atoms with van der Waals surface area (Å²) in [4.78, 5) is 34.2. The predicted molar refractivity (Wildman–Crippen MR) is 125 cm³/mol. The Kier molecular flexibility index (Phi) is 5.78. The van der Waals surface area contributed by atoms with Crippen molar-refractivity contribution in [2.75, 3.05) is 31.3 Å². The van der Waals surface area contributed by atoms with Gasteiger partial charge in [0.2, 0.25) is 11.7 Å². The molecule has 0 unspecified atom stereocenters. The zero-order valence-corrected chi connectivity index (χ0v) is 19.3. The lowest BCUT2D eigenvalue weighted by Crippen LogP contribution is -2.37. The van der Waals surface area contributed by atoms with E-state index in [4.69, 9.17) is 19.0 Å². The van der Waals surface area contributed by atoms with E-state index >= 15 is 0 Å². The number of hydrogen-bond donors (Lipinski definition) is 0. The van der Waals surface area contributed by atoms with Gasteiger partial charge in [-0.25, -0.2) is 14.4 Å². The summed E-state index contributed by atoms with van der Waals surface area (Å²) in [6.45, 7) is 0. The van der Waals surface area contributed by atoms with Crippen molar-refractivity contribution in [2.24, 2.45) is 5.92 Å². The van der Waals surface area contributed by atoms with E-state index in [-0.39, 0.29) is 5.69 Å². The van der Waals surface area contributed by atoms with Crippen molar-refractivity contribution >= 4 is 23.2 Å². The monoisotopic (exact) mass is 478 g/mol. The summed E-state index contributed by atoms with van der Waals surface area (Å²) < 4.78 is 30.6. The van der Waals surface area contributed by atoms with Crippen molar-refractivity contribution in [3.63, 3.8) is 0 Å². The minimum Gasteiger partial charge on any atom is -0.493 e. The second-order valence-electron chi connectivity index (χ2n) is 8.07. The molecule has 3 aromatic rings. The van der Waals surface area contributed by atoms with E-state index in [1.807, 2.05) is 30.3 Å². The first-order valence-corrected chi connectivity index (χ1v) is 10.9. The normalized spacial score (nSPS) is 21.3. The van der Waals surface area contributed by atoms with Crippen molar-refractivity contribution < 1.29 is 33.0 Å². The van der Waals surface area contributed by atoms with E-state index in [1.165, 1.54) is 39.5 Å². The van der Waals surface area contributed by atoms with Crippen LogP contribution in [-0.2, 0) is 14.4 Å². The fraction of sp³-hybridized carbons (Fsp3) is 0.231. The van der Waals surface area contributed by atoms with Crippen LogP contribution in [0.1, 0.15) is 11.6 Å². The fourth-order valence-electron chi connectivity index (χ4n) is 4.76. The van der Waals surface area contributed by atoms with Gasteiger partial charge in [0.1, 0.15) is 17.8 Å². The maximum atomic E-state index is 13.9. The highest BCUT2D eigenvalue weighted by molar-refractivity contribution is 6.24. The number of amides is 2. The number of carbonyl (C=O) groups is 2. The van der Waals surface area contributed by atoms with Crippen LogP contribution in [0.25, 0.3) is 0 Å². The van der Waals surface area contributed by atoms with E-state index in [9.17, 15) is 14.0 Å². The van der Waals surface area contributed by atoms with Crippen LogP contribution < -0.4 is 24.2 Å². The number of ether oxygens (including phenoxy) is 3. The Balaban J connectivity index is 1.66. The fourth-order valence-corrected chi connectivity index (χ4v) is 4.76. The SMILES string of the molecule is COc1ccc([C@H]2[C@H]3C(=O)N(c4cccc(F)c4)C(=O)[C@H]3ON2c2ccccc2)c(OC)c1OC. The molecule has 0 radical (unpaired) electrons. The highest BCUT2D eigenvalue weighted by Crippen LogP contribution is 2.52. The molecular weight excluding hydrogens is 455 g/mol. The molecule has 9 heteroatoms. The minimum atomic E-state index is -1.10. The number of halogens is 1. The number of imide groups is 1. The van der Waals surface area contributed by atoms with Crippen molar-refractivity contribution in [3.05, 3.63) is 78.1 Å². The Bertz CT molecular complexity index is 1280. The molecule has 2 aliphatic heterocycles. The molecule has 2 amide bonds. The highest BCUT2D eigenvalue weighted by Gasteiger charge is 2.61. The molecule has 0 bridgehead atoms. The van der Waals surface area contributed by atoms with Gasteiger partial charge in [-0.1, -0.05) is 24.3 Å². The topological polar surface area (TPSA) is 77.5 Å². The molecule has 2 fully saturated rings. The zero-order chi connectivity index (χ0) is 24.7. The van der Waals surface area contributed by atoms with Gasteiger partial charge < -0.3 is 14.2 Å². The van der Waals surface area contributed by atoms with Gasteiger partial charge >= 0.3 is 0 Å². The molecule has 8 nitrogen and oxygen atoms in total. The Labute approximate surface area is 201 Å². The summed E-state index contributed by atoms with van der Waals surface area (Å²) in [6, 6.07) is 17.2. The van der Waals surface area contributed by atoms with Crippen LogP contribution in [0.4, 0.5) is 15.8 Å². The average Bonchev–Trinajstić information content (AvgIpc) is 3.39. The third-order valence-corrected chi connectivity index (χ3v) is 6.25. The summed E-state index contributed by atoms with van der Waals surface area (Å²) >= 11 is 0. The quantitative estimate of drug-likeness (QED) is 0.498. The van der Waals surface area contributed by atoms with Gasteiger partial charge in [-0.2, -0.15) is 0 Å². The second-order valence-corrected chi connectivity index (χ2v) is 8.07.